The largest absolute Gasteiger partial charge is 0.118 e. The van der Waals surface area contributed by atoms with Gasteiger partial charge in [0.15, 0.2) is 0 Å². The Labute approximate surface area is 110 Å². The van der Waals surface area contributed by atoms with Crippen molar-refractivity contribution in [2.75, 3.05) is 0 Å². The maximum absolute atomic E-state index is 6.57. The topological polar surface area (TPSA) is 0 Å². The number of fused-ring (bicyclic) bond motifs is 1. The third-order valence-electron chi connectivity index (χ3n) is 3.87. The molecule has 1 aromatic rings. The number of alkyl halides is 1. The summed E-state index contributed by atoms with van der Waals surface area (Å²) in [5.74, 6) is 0.739. The van der Waals surface area contributed by atoms with Gasteiger partial charge >= 0.3 is 0 Å². The van der Waals surface area contributed by atoms with Crippen LogP contribution in [0.3, 0.4) is 0 Å². The van der Waals surface area contributed by atoms with Gasteiger partial charge in [0.1, 0.15) is 0 Å². The molecule has 94 valence electrons. The van der Waals surface area contributed by atoms with Crippen LogP contribution in [0.15, 0.2) is 18.2 Å². The van der Waals surface area contributed by atoms with Gasteiger partial charge in [0.2, 0.25) is 0 Å². The first-order chi connectivity index (χ1) is 7.88. The molecule has 1 aliphatic carbocycles. The standard InChI is InChI=1S/C16H23Cl/c1-11-5-6-12-7-8-13(16(2,3)4)10-14(12)15(17)9-11/h7-8,10-11,15H,5-6,9H2,1-4H3. The van der Waals surface area contributed by atoms with E-state index in [-0.39, 0.29) is 10.8 Å². The fraction of sp³-hybridized carbons (Fsp3) is 0.625. The zero-order valence-electron chi connectivity index (χ0n) is 11.4. The zero-order chi connectivity index (χ0) is 12.6. The Kier molecular flexibility index (Phi) is 3.54. The maximum atomic E-state index is 6.57. The normalized spacial score (nSPS) is 25.2. The first-order valence-electron chi connectivity index (χ1n) is 6.65. The average molecular weight is 251 g/mol. The van der Waals surface area contributed by atoms with E-state index >= 15 is 0 Å². The first kappa shape index (κ1) is 13.0. The summed E-state index contributed by atoms with van der Waals surface area (Å²) in [4.78, 5) is 0. The van der Waals surface area contributed by atoms with Crippen LogP contribution < -0.4 is 0 Å². The second-order valence-corrected chi connectivity index (χ2v) is 7.04. The monoisotopic (exact) mass is 250 g/mol. The van der Waals surface area contributed by atoms with Gasteiger partial charge in [0.25, 0.3) is 0 Å². The van der Waals surface area contributed by atoms with Crippen molar-refractivity contribution in [1.82, 2.24) is 0 Å². The molecule has 0 bridgehead atoms. The Balaban J connectivity index is 2.41. The van der Waals surface area contributed by atoms with Gasteiger partial charge in [0, 0.05) is 0 Å². The summed E-state index contributed by atoms with van der Waals surface area (Å²) >= 11 is 6.57. The van der Waals surface area contributed by atoms with Crippen LogP contribution >= 0.6 is 11.6 Å². The van der Waals surface area contributed by atoms with Crippen molar-refractivity contribution in [1.29, 1.82) is 0 Å². The number of aryl methyl sites for hydroxylation is 1. The van der Waals surface area contributed by atoms with Gasteiger partial charge in [-0.1, -0.05) is 45.9 Å². The Bertz CT molecular complexity index is 400. The summed E-state index contributed by atoms with van der Waals surface area (Å²) in [5, 5.41) is 0.199. The van der Waals surface area contributed by atoms with Gasteiger partial charge in [-0.05, 0) is 47.3 Å². The van der Waals surface area contributed by atoms with E-state index in [1.807, 2.05) is 0 Å². The molecular weight excluding hydrogens is 228 g/mol. The van der Waals surface area contributed by atoms with Crippen molar-refractivity contribution >= 4 is 11.6 Å². The van der Waals surface area contributed by atoms with Crippen molar-refractivity contribution in [3.05, 3.63) is 34.9 Å². The van der Waals surface area contributed by atoms with Crippen molar-refractivity contribution in [3.63, 3.8) is 0 Å². The molecule has 17 heavy (non-hydrogen) atoms. The lowest BCUT2D eigenvalue weighted by atomic mass is 9.84. The fourth-order valence-corrected chi connectivity index (χ4v) is 3.09. The maximum Gasteiger partial charge on any atom is 0.0590 e. The molecule has 2 rings (SSSR count). The third kappa shape index (κ3) is 2.85. The molecule has 1 heteroatoms. The van der Waals surface area contributed by atoms with Crippen LogP contribution in [0, 0.1) is 5.92 Å². The molecule has 1 aliphatic rings. The van der Waals surface area contributed by atoms with Gasteiger partial charge in [-0.15, -0.1) is 11.6 Å². The van der Waals surface area contributed by atoms with E-state index in [4.69, 9.17) is 11.6 Å². The van der Waals surface area contributed by atoms with E-state index in [9.17, 15) is 0 Å². The van der Waals surface area contributed by atoms with E-state index in [2.05, 4.69) is 45.9 Å². The summed E-state index contributed by atoms with van der Waals surface area (Å²) in [6.07, 6.45) is 3.57. The van der Waals surface area contributed by atoms with Crippen LogP contribution in [0.4, 0.5) is 0 Å². The Morgan fingerprint density at radius 1 is 1.24 bits per heavy atom. The van der Waals surface area contributed by atoms with Crippen LogP contribution in [0.1, 0.15) is 62.6 Å². The zero-order valence-corrected chi connectivity index (χ0v) is 12.1. The molecule has 0 saturated heterocycles. The van der Waals surface area contributed by atoms with Gasteiger partial charge in [-0.25, -0.2) is 0 Å². The highest BCUT2D eigenvalue weighted by Crippen LogP contribution is 2.38. The number of halogens is 1. The minimum atomic E-state index is 0.199. The summed E-state index contributed by atoms with van der Waals surface area (Å²) in [6, 6.07) is 6.91. The number of hydrogen-bond donors (Lipinski definition) is 0. The molecule has 0 amide bonds. The molecule has 0 spiro atoms. The highest BCUT2D eigenvalue weighted by atomic mass is 35.5. The van der Waals surface area contributed by atoms with E-state index in [1.165, 1.54) is 29.5 Å². The van der Waals surface area contributed by atoms with Crippen LogP contribution in [0.2, 0.25) is 0 Å². The predicted octanol–water partition coefficient (Wildman–Crippen LogP) is 5.24. The summed E-state index contributed by atoms with van der Waals surface area (Å²) in [6.45, 7) is 9.10. The summed E-state index contributed by atoms with van der Waals surface area (Å²) in [7, 11) is 0. The lowest BCUT2D eigenvalue weighted by molar-refractivity contribution is 0.503. The molecule has 0 fully saturated rings. The molecule has 1 aromatic carbocycles. The number of rotatable bonds is 0. The van der Waals surface area contributed by atoms with Crippen LogP contribution in [0.5, 0.6) is 0 Å². The second kappa shape index (κ2) is 4.65. The van der Waals surface area contributed by atoms with E-state index in [1.54, 1.807) is 0 Å². The molecule has 0 nitrogen and oxygen atoms in total. The molecule has 0 aliphatic heterocycles. The second-order valence-electron chi connectivity index (χ2n) is 6.51. The predicted molar refractivity (Wildman–Crippen MR) is 75.8 cm³/mol. The van der Waals surface area contributed by atoms with Crippen LogP contribution in [0.25, 0.3) is 0 Å². The molecule has 2 unspecified atom stereocenters. The molecule has 0 radical (unpaired) electrons. The van der Waals surface area contributed by atoms with E-state index < -0.39 is 0 Å². The molecule has 0 aromatic heterocycles. The SMILES string of the molecule is CC1CCc2ccc(C(C)(C)C)cc2C(Cl)C1. The van der Waals surface area contributed by atoms with Crippen molar-refractivity contribution in [3.8, 4) is 0 Å². The average Bonchev–Trinajstić information content (AvgIpc) is 2.37. The van der Waals surface area contributed by atoms with Gasteiger partial charge in [-0.2, -0.15) is 0 Å². The highest BCUT2D eigenvalue weighted by molar-refractivity contribution is 6.21. The first-order valence-corrected chi connectivity index (χ1v) is 7.09. The lowest BCUT2D eigenvalue weighted by Crippen LogP contribution is -2.12. The van der Waals surface area contributed by atoms with Crippen LogP contribution in [-0.4, -0.2) is 0 Å². The molecule has 0 saturated carbocycles. The lowest BCUT2D eigenvalue weighted by Gasteiger charge is -2.22. The minimum absolute atomic E-state index is 0.199. The van der Waals surface area contributed by atoms with Crippen molar-refractivity contribution in [2.45, 2.75) is 57.7 Å². The van der Waals surface area contributed by atoms with Gasteiger partial charge < -0.3 is 0 Å². The van der Waals surface area contributed by atoms with Crippen molar-refractivity contribution < 1.29 is 0 Å². The minimum Gasteiger partial charge on any atom is -0.118 e. The van der Waals surface area contributed by atoms with Gasteiger partial charge in [0.05, 0.1) is 5.38 Å². The molecule has 2 atom stereocenters. The summed E-state index contributed by atoms with van der Waals surface area (Å²) < 4.78 is 0. The smallest absolute Gasteiger partial charge is 0.0590 e. The molecule has 0 heterocycles. The summed E-state index contributed by atoms with van der Waals surface area (Å²) in [5.41, 5.74) is 4.45. The van der Waals surface area contributed by atoms with Gasteiger partial charge in [-0.3, -0.25) is 0 Å². The van der Waals surface area contributed by atoms with Crippen molar-refractivity contribution in [2.24, 2.45) is 5.92 Å². The molecular formula is C16H23Cl. The van der Waals surface area contributed by atoms with E-state index in [0.717, 1.165) is 12.3 Å². The molecule has 0 N–H and O–H groups in total. The highest BCUT2D eigenvalue weighted by Gasteiger charge is 2.23. The number of benzene rings is 1. The van der Waals surface area contributed by atoms with E-state index in [0.29, 0.717) is 0 Å². The fourth-order valence-electron chi connectivity index (χ4n) is 2.58. The Morgan fingerprint density at radius 3 is 2.59 bits per heavy atom. The third-order valence-corrected chi connectivity index (χ3v) is 4.28. The quantitative estimate of drug-likeness (QED) is 0.437. The Morgan fingerprint density at radius 2 is 1.94 bits per heavy atom. The van der Waals surface area contributed by atoms with Crippen LogP contribution in [-0.2, 0) is 11.8 Å². The Hall–Kier alpha value is -0.490. The number of hydrogen-bond acceptors (Lipinski definition) is 0.